The van der Waals surface area contributed by atoms with Crippen LogP contribution in [0, 0.1) is 5.82 Å². The molecule has 2 N–H and O–H groups in total. The van der Waals surface area contributed by atoms with Gasteiger partial charge in [0, 0.05) is 13.1 Å². The normalized spacial score (nSPS) is 10.6. The summed E-state index contributed by atoms with van der Waals surface area (Å²) in [4.78, 5) is 2.07. The third kappa shape index (κ3) is 3.36. The lowest BCUT2D eigenvalue weighted by Gasteiger charge is -2.26. The van der Waals surface area contributed by atoms with Gasteiger partial charge in [0.15, 0.2) is 0 Å². The summed E-state index contributed by atoms with van der Waals surface area (Å²) in [5, 5.41) is 0. The molecule has 0 aliphatic heterocycles. The number of benzene rings is 2. The van der Waals surface area contributed by atoms with Gasteiger partial charge in [-0.25, -0.2) is 4.39 Å². The number of hydrogen-bond acceptors (Lipinski definition) is 2. The summed E-state index contributed by atoms with van der Waals surface area (Å²) >= 11 is 0. The summed E-state index contributed by atoms with van der Waals surface area (Å²) in [6, 6.07) is 15.3. The lowest BCUT2D eigenvalue weighted by Crippen LogP contribution is -2.25. The van der Waals surface area contributed by atoms with Crippen LogP contribution in [0.4, 0.5) is 10.1 Å². The highest BCUT2D eigenvalue weighted by molar-refractivity contribution is 5.55. The van der Waals surface area contributed by atoms with Crippen molar-refractivity contribution in [2.45, 2.75) is 19.9 Å². The molecule has 20 heavy (non-hydrogen) atoms. The summed E-state index contributed by atoms with van der Waals surface area (Å²) in [5.41, 5.74) is 8.47. The topological polar surface area (TPSA) is 29.3 Å². The van der Waals surface area contributed by atoms with Crippen molar-refractivity contribution in [1.29, 1.82) is 0 Å². The standard InChI is InChI=1S/C17H21FN2/c1-2-20(13-14-7-4-3-5-8-14)17-15(11-12-19)9-6-10-16(17)18/h3-10H,2,11-13,19H2,1H3. The van der Waals surface area contributed by atoms with E-state index in [1.807, 2.05) is 31.2 Å². The second kappa shape index (κ2) is 7.06. The molecule has 2 aromatic carbocycles. The first-order chi connectivity index (χ1) is 9.76. The van der Waals surface area contributed by atoms with E-state index < -0.39 is 0 Å². The third-order valence-electron chi connectivity index (χ3n) is 3.40. The molecule has 0 atom stereocenters. The Morgan fingerprint density at radius 2 is 1.80 bits per heavy atom. The SMILES string of the molecule is CCN(Cc1ccccc1)c1c(F)cccc1CCN. The van der Waals surface area contributed by atoms with E-state index in [2.05, 4.69) is 17.0 Å². The molecule has 3 heteroatoms. The van der Waals surface area contributed by atoms with Crippen LogP contribution in [0.3, 0.4) is 0 Å². The van der Waals surface area contributed by atoms with E-state index in [1.165, 1.54) is 11.6 Å². The van der Waals surface area contributed by atoms with Crippen molar-refractivity contribution in [3.63, 3.8) is 0 Å². The Morgan fingerprint density at radius 3 is 2.45 bits per heavy atom. The third-order valence-corrected chi connectivity index (χ3v) is 3.40. The number of rotatable bonds is 6. The monoisotopic (exact) mass is 272 g/mol. The number of nitrogens with zero attached hydrogens (tertiary/aromatic N) is 1. The molecule has 2 nitrogen and oxygen atoms in total. The Labute approximate surface area is 120 Å². The lowest BCUT2D eigenvalue weighted by atomic mass is 10.1. The quantitative estimate of drug-likeness (QED) is 0.873. The fourth-order valence-corrected chi connectivity index (χ4v) is 2.42. The predicted molar refractivity (Wildman–Crippen MR) is 82.3 cm³/mol. The minimum Gasteiger partial charge on any atom is -0.365 e. The summed E-state index contributed by atoms with van der Waals surface area (Å²) in [5.74, 6) is -0.172. The first kappa shape index (κ1) is 14.5. The van der Waals surface area contributed by atoms with Crippen molar-refractivity contribution in [2.75, 3.05) is 18.0 Å². The highest BCUT2D eigenvalue weighted by Gasteiger charge is 2.14. The number of para-hydroxylation sites is 1. The first-order valence-corrected chi connectivity index (χ1v) is 7.02. The van der Waals surface area contributed by atoms with Crippen LogP contribution < -0.4 is 10.6 Å². The van der Waals surface area contributed by atoms with Crippen LogP contribution in [-0.4, -0.2) is 13.1 Å². The minimum absolute atomic E-state index is 0.172. The predicted octanol–water partition coefficient (Wildman–Crippen LogP) is 3.35. The minimum atomic E-state index is -0.172. The van der Waals surface area contributed by atoms with Gasteiger partial charge in [-0.15, -0.1) is 0 Å². The molecular weight excluding hydrogens is 251 g/mol. The zero-order chi connectivity index (χ0) is 14.4. The maximum absolute atomic E-state index is 14.2. The van der Waals surface area contributed by atoms with Crippen LogP contribution in [0.5, 0.6) is 0 Å². The van der Waals surface area contributed by atoms with Crippen LogP contribution >= 0.6 is 0 Å². The Morgan fingerprint density at radius 1 is 1.05 bits per heavy atom. The van der Waals surface area contributed by atoms with Gasteiger partial charge in [-0.05, 0) is 37.1 Å². The van der Waals surface area contributed by atoms with Gasteiger partial charge in [-0.2, -0.15) is 0 Å². The second-order valence-electron chi connectivity index (χ2n) is 4.79. The summed E-state index contributed by atoms with van der Waals surface area (Å²) in [6.07, 6.45) is 0.693. The van der Waals surface area contributed by atoms with Crippen molar-refractivity contribution in [2.24, 2.45) is 5.73 Å². The van der Waals surface area contributed by atoms with E-state index in [-0.39, 0.29) is 5.82 Å². The Bertz CT molecular complexity index is 540. The highest BCUT2D eigenvalue weighted by Crippen LogP contribution is 2.26. The van der Waals surface area contributed by atoms with Gasteiger partial charge in [0.05, 0.1) is 5.69 Å². The molecule has 2 aromatic rings. The van der Waals surface area contributed by atoms with Crippen LogP contribution in [0.1, 0.15) is 18.1 Å². The van der Waals surface area contributed by atoms with Crippen LogP contribution in [-0.2, 0) is 13.0 Å². The molecule has 0 bridgehead atoms. The number of anilines is 1. The zero-order valence-corrected chi connectivity index (χ0v) is 11.8. The Balaban J connectivity index is 2.31. The van der Waals surface area contributed by atoms with Gasteiger partial charge in [-0.3, -0.25) is 0 Å². The van der Waals surface area contributed by atoms with Gasteiger partial charge in [-0.1, -0.05) is 42.5 Å². The van der Waals surface area contributed by atoms with Crippen molar-refractivity contribution in [1.82, 2.24) is 0 Å². The molecule has 0 heterocycles. The molecule has 0 aliphatic rings. The molecule has 0 aromatic heterocycles. The molecule has 2 rings (SSSR count). The first-order valence-electron chi connectivity index (χ1n) is 7.02. The molecule has 106 valence electrons. The fourth-order valence-electron chi connectivity index (χ4n) is 2.42. The van der Waals surface area contributed by atoms with Crippen molar-refractivity contribution in [3.05, 3.63) is 65.5 Å². The summed E-state index contributed by atoms with van der Waals surface area (Å²) in [7, 11) is 0. The van der Waals surface area contributed by atoms with E-state index in [0.29, 0.717) is 25.2 Å². The van der Waals surface area contributed by atoms with Crippen LogP contribution in [0.15, 0.2) is 48.5 Å². The van der Waals surface area contributed by atoms with Gasteiger partial charge < -0.3 is 10.6 Å². The molecule has 0 unspecified atom stereocenters. The van der Waals surface area contributed by atoms with E-state index in [4.69, 9.17) is 5.73 Å². The summed E-state index contributed by atoms with van der Waals surface area (Å²) in [6.45, 7) is 4.03. The second-order valence-corrected chi connectivity index (χ2v) is 4.79. The summed E-state index contributed by atoms with van der Waals surface area (Å²) < 4.78 is 14.2. The smallest absolute Gasteiger partial charge is 0.146 e. The van der Waals surface area contributed by atoms with E-state index >= 15 is 0 Å². The van der Waals surface area contributed by atoms with Gasteiger partial charge in [0.1, 0.15) is 5.82 Å². The molecule has 0 radical (unpaired) electrons. The van der Waals surface area contributed by atoms with Crippen molar-refractivity contribution >= 4 is 5.69 Å². The molecular formula is C17H21FN2. The fraction of sp³-hybridized carbons (Fsp3) is 0.294. The molecule has 0 saturated heterocycles. The van der Waals surface area contributed by atoms with E-state index in [1.54, 1.807) is 6.07 Å². The number of halogens is 1. The van der Waals surface area contributed by atoms with Crippen LogP contribution in [0.2, 0.25) is 0 Å². The average Bonchev–Trinajstić information content (AvgIpc) is 2.47. The molecule has 0 aliphatic carbocycles. The molecule has 0 fully saturated rings. The van der Waals surface area contributed by atoms with Crippen molar-refractivity contribution < 1.29 is 4.39 Å². The Hall–Kier alpha value is -1.87. The van der Waals surface area contributed by atoms with Crippen molar-refractivity contribution in [3.8, 4) is 0 Å². The van der Waals surface area contributed by atoms with Gasteiger partial charge in [0.2, 0.25) is 0 Å². The number of nitrogens with two attached hydrogens (primary N) is 1. The largest absolute Gasteiger partial charge is 0.365 e. The number of hydrogen-bond donors (Lipinski definition) is 1. The molecule has 0 amide bonds. The maximum atomic E-state index is 14.2. The van der Waals surface area contributed by atoms with Crippen LogP contribution in [0.25, 0.3) is 0 Å². The average molecular weight is 272 g/mol. The van der Waals surface area contributed by atoms with Gasteiger partial charge >= 0.3 is 0 Å². The van der Waals surface area contributed by atoms with E-state index in [0.717, 1.165) is 12.1 Å². The van der Waals surface area contributed by atoms with Gasteiger partial charge in [0.25, 0.3) is 0 Å². The molecule has 0 spiro atoms. The maximum Gasteiger partial charge on any atom is 0.146 e. The zero-order valence-electron chi connectivity index (χ0n) is 11.8. The van der Waals surface area contributed by atoms with E-state index in [9.17, 15) is 4.39 Å². The lowest BCUT2D eigenvalue weighted by molar-refractivity contribution is 0.614. The highest BCUT2D eigenvalue weighted by atomic mass is 19.1. The molecule has 0 saturated carbocycles. The Kier molecular flexibility index (Phi) is 5.13.